The minimum absolute atomic E-state index is 0.00869. The van der Waals surface area contributed by atoms with Crippen LogP contribution in [0.5, 0.6) is 0 Å². The summed E-state index contributed by atoms with van der Waals surface area (Å²) in [4.78, 5) is 79.2. The van der Waals surface area contributed by atoms with Crippen molar-refractivity contribution in [1.29, 1.82) is 0 Å². The van der Waals surface area contributed by atoms with E-state index in [4.69, 9.17) is 9.51 Å². The predicted octanol–water partition coefficient (Wildman–Crippen LogP) is 5.93. The number of aryl methyl sites for hydroxylation is 1. The van der Waals surface area contributed by atoms with Crippen molar-refractivity contribution in [2.75, 3.05) is 13.1 Å². The molecule has 0 unspecified atom stereocenters. The number of aliphatic hydroxyl groups is 2. The van der Waals surface area contributed by atoms with Gasteiger partial charge in [-0.3, -0.25) is 24.0 Å². The van der Waals surface area contributed by atoms with Gasteiger partial charge in [0.05, 0.1) is 35.4 Å². The summed E-state index contributed by atoms with van der Waals surface area (Å²) in [6.07, 6.45) is 1.31. The van der Waals surface area contributed by atoms with E-state index in [-0.39, 0.29) is 61.4 Å². The normalized spacial score (nSPS) is 20.3. The maximum absolute atomic E-state index is 15.9. The minimum atomic E-state index is -0.914. The number of thiazole rings is 1. The Morgan fingerprint density at radius 1 is 0.784 bits per heavy atom. The molecule has 0 radical (unpaired) electrons. The number of nitrogens with one attached hydrogen (secondary N) is 2. The van der Waals surface area contributed by atoms with Gasteiger partial charge in [-0.25, -0.2) is 9.07 Å². The molecule has 8 atom stereocenters. The van der Waals surface area contributed by atoms with Crippen LogP contribution in [-0.4, -0.2) is 113 Å². The number of benzene rings is 3. The lowest BCUT2D eigenvalue weighted by molar-refractivity contribution is -0.681. The number of amides is 5. The smallest absolute Gasteiger partial charge is 0.391 e. The van der Waals surface area contributed by atoms with E-state index in [9.17, 15) is 34.2 Å². The SMILES string of the molecule is Cc1nc(-[n+]2cc(F)c(-c3ccc([C@H](C)NC(=O)[C@@H]4C[C@@H](O)CN4C(=O)[C@@H](c4ccno4)C(C)C)cc3)n2C)sc1-c1ccc([C@H](C)NC(=O)[C@@H]2C[C@@H](O)CN2C(=O)[C@H](C(C)C)N2Cc3ccccc3C2=O)cc1. The standard InChI is InChI=1S/C55H62FN9O8S/c1-29(2)46(45-21-22-57-73-45)53(71)62-26-39(66)23-43(62)50(68)58-31(5)34-13-17-36(18-14-34)48-42(56)28-65(61(48)8)55-60-33(7)49(74-55)37-19-15-35(16-20-37)32(6)59-51(69)44-24-40(67)27-63(44)54(72)47(30(3)4)64-25-38-11-9-10-12-41(38)52(64)70/h9-22,28-32,39-40,43-44,46-47,66-67H,23-27H2,1-8H3,(H-,58,59,68,69)/p+1/t31-,32-,39+,40+,43-,44-,46+,47-/m0/s1. The van der Waals surface area contributed by atoms with Crippen molar-refractivity contribution in [3.05, 3.63) is 131 Å². The lowest BCUT2D eigenvalue weighted by Crippen LogP contribution is -2.55. The number of fused-ring (bicyclic) bond motifs is 1. The molecule has 3 aromatic carbocycles. The Hall–Kier alpha value is -7.09. The lowest BCUT2D eigenvalue weighted by atomic mass is 9.91. The zero-order chi connectivity index (χ0) is 52.9. The number of halogens is 1. The van der Waals surface area contributed by atoms with Gasteiger partial charge >= 0.3 is 5.13 Å². The van der Waals surface area contributed by atoms with Crippen molar-refractivity contribution >= 4 is 40.9 Å². The number of aromatic nitrogens is 4. The first-order valence-corrected chi connectivity index (χ1v) is 26.0. The van der Waals surface area contributed by atoms with Crippen LogP contribution in [-0.2, 0) is 32.8 Å². The Bertz CT molecular complexity index is 3060. The van der Waals surface area contributed by atoms with E-state index < -0.39 is 60.1 Å². The molecule has 2 saturated heterocycles. The monoisotopic (exact) mass is 1030 g/mol. The lowest BCUT2D eigenvalue weighted by Gasteiger charge is -2.35. The Morgan fingerprint density at radius 2 is 1.35 bits per heavy atom. The molecule has 3 aromatic heterocycles. The fourth-order valence-electron chi connectivity index (χ4n) is 10.8. The number of β-amino-alcohol motifs (C(OH)–C–C–N with tert-alkyl or cyclic N) is 2. The van der Waals surface area contributed by atoms with E-state index in [1.54, 1.807) is 51.6 Å². The quantitative estimate of drug-likeness (QED) is 0.0893. The number of hydrogen-bond acceptors (Lipinski definition) is 11. The third kappa shape index (κ3) is 9.99. The second-order valence-electron chi connectivity index (χ2n) is 20.5. The van der Waals surface area contributed by atoms with E-state index in [2.05, 4.69) is 15.8 Å². The summed E-state index contributed by atoms with van der Waals surface area (Å²) >= 11 is 1.40. The highest BCUT2D eigenvalue weighted by molar-refractivity contribution is 7.17. The number of rotatable bonds is 15. The Morgan fingerprint density at radius 3 is 1.89 bits per heavy atom. The first-order chi connectivity index (χ1) is 35.3. The van der Waals surface area contributed by atoms with Gasteiger partial charge in [-0.05, 0) is 70.3 Å². The van der Waals surface area contributed by atoms with Crippen molar-refractivity contribution in [3.63, 3.8) is 0 Å². The fraction of sp³-hybridized carbons (Fsp3) is 0.418. The fourth-order valence-corrected chi connectivity index (χ4v) is 11.9. The van der Waals surface area contributed by atoms with Crippen molar-refractivity contribution in [1.82, 2.24) is 40.2 Å². The molecule has 6 heterocycles. The predicted molar refractivity (Wildman–Crippen MR) is 273 cm³/mol. The molecule has 0 saturated carbocycles. The molecule has 0 aliphatic carbocycles. The van der Waals surface area contributed by atoms with E-state index in [1.165, 1.54) is 33.5 Å². The van der Waals surface area contributed by atoms with Crippen LogP contribution in [0.3, 0.4) is 0 Å². The number of likely N-dealkylation sites (tertiary alicyclic amines) is 2. The van der Waals surface area contributed by atoms with E-state index in [0.717, 1.165) is 32.8 Å². The Kier molecular flexibility index (Phi) is 14.7. The van der Waals surface area contributed by atoms with Crippen molar-refractivity contribution in [2.24, 2.45) is 18.9 Å². The summed E-state index contributed by atoms with van der Waals surface area (Å²) in [5, 5.41) is 31.7. The van der Waals surface area contributed by atoms with Crippen LogP contribution in [0, 0.1) is 24.6 Å². The molecular weight excluding hydrogens is 966 g/mol. The topological polar surface area (TPSA) is 207 Å². The van der Waals surface area contributed by atoms with Crippen LogP contribution in [0.15, 0.2) is 95.8 Å². The molecule has 2 fully saturated rings. The summed E-state index contributed by atoms with van der Waals surface area (Å²) in [6.45, 7) is 13.4. The number of carbonyl (C=O) groups is 5. The highest BCUT2D eigenvalue weighted by atomic mass is 32.1. The van der Waals surface area contributed by atoms with Gasteiger partial charge in [-0.15, -0.1) is 4.68 Å². The van der Waals surface area contributed by atoms with Crippen LogP contribution in [0.25, 0.3) is 26.8 Å². The Labute approximate surface area is 433 Å². The number of nitrogens with zero attached hydrogens (tertiary/aromatic N) is 7. The van der Waals surface area contributed by atoms with Crippen LogP contribution in [0.1, 0.15) is 111 Å². The third-order valence-electron chi connectivity index (χ3n) is 14.7. The number of aliphatic hydroxyl groups excluding tert-OH is 2. The summed E-state index contributed by atoms with van der Waals surface area (Å²) in [5.41, 5.74) is 5.56. The van der Waals surface area contributed by atoms with Gasteiger partial charge in [-0.1, -0.05) is 99.6 Å². The van der Waals surface area contributed by atoms with Gasteiger partial charge in [0, 0.05) is 63.6 Å². The second kappa shape index (κ2) is 21.0. The van der Waals surface area contributed by atoms with Gasteiger partial charge in [0.1, 0.15) is 35.5 Å². The molecule has 17 nitrogen and oxygen atoms in total. The van der Waals surface area contributed by atoms with Crippen LogP contribution >= 0.6 is 11.3 Å². The molecule has 9 rings (SSSR count). The first kappa shape index (κ1) is 51.8. The molecular formula is C55H63FN9O8S+. The molecule has 0 spiro atoms. The zero-order valence-corrected chi connectivity index (χ0v) is 43.5. The van der Waals surface area contributed by atoms with Crippen LogP contribution in [0.2, 0.25) is 0 Å². The average Bonchev–Trinajstić information content (AvgIpc) is 4.25. The molecule has 3 aliphatic rings. The molecule has 5 amide bonds. The third-order valence-corrected chi connectivity index (χ3v) is 15.9. The number of carbonyl (C=O) groups excluding carboxylic acids is 5. The van der Waals surface area contributed by atoms with E-state index in [1.807, 2.05) is 97.0 Å². The van der Waals surface area contributed by atoms with Gasteiger partial charge < -0.3 is 40.1 Å². The van der Waals surface area contributed by atoms with Gasteiger partial charge in [-0.2, -0.15) is 0 Å². The van der Waals surface area contributed by atoms with Crippen molar-refractivity contribution in [2.45, 2.75) is 116 Å². The highest BCUT2D eigenvalue weighted by Crippen LogP contribution is 2.35. The van der Waals surface area contributed by atoms with E-state index >= 15 is 4.39 Å². The van der Waals surface area contributed by atoms with E-state index in [0.29, 0.717) is 34.3 Å². The first-order valence-electron chi connectivity index (χ1n) is 25.1. The second-order valence-corrected chi connectivity index (χ2v) is 21.5. The highest BCUT2D eigenvalue weighted by Gasteiger charge is 2.47. The largest absolute Gasteiger partial charge is 0.407 e. The van der Waals surface area contributed by atoms with Crippen LogP contribution < -0.4 is 15.3 Å². The number of hydrogen-bond donors (Lipinski definition) is 4. The van der Waals surface area contributed by atoms with Crippen molar-refractivity contribution in [3.8, 4) is 26.8 Å². The molecule has 0 bridgehead atoms. The zero-order valence-electron chi connectivity index (χ0n) is 42.7. The summed E-state index contributed by atoms with van der Waals surface area (Å²) in [5.74, 6) is -2.77. The average molecular weight is 1030 g/mol. The van der Waals surface area contributed by atoms with Crippen LogP contribution in [0.4, 0.5) is 4.39 Å². The molecule has 3 aliphatic heterocycles. The minimum Gasteiger partial charge on any atom is -0.391 e. The van der Waals surface area contributed by atoms with Gasteiger partial charge in [0.25, 0.3) is 5.91 Å². The molecule has 4 N–H and O–H groups in total. The van der Waals surface area contributed by atoms with Gasteiger partial charge in [0.15, 0.2) is 17.7 Å². The molecule has 388 valence electrons. The van der Waals surface area contributed by atoms with Gasteiger partial charge in [0.2, 0.25) is 23.6 Å². The summed E-state index contributed by atoms with van der Waals surface area (Å²) < 4.78 is 24.6. The molecule has 19 heteroatoms. The maximum atomic E-state index is 15.9. The Balaban J connectivity index is 0.835. The molecule has 6 aromatic rings. The summed E-state index contributed by atoms with van der Waals surface area (Å²) in [6, 6.07) is 20.4. The maximum Gasteiger partial charge on any atom is 0.407 e. The van der Waals surface area contributed by atoms with Crippen molar-refractivity contribution < 1.29 is 47.8 Å². The summed E-state index contributed by atoms with van der Waals surface area (Å²) in [7, 11) is 1.75. The molecule has 74 heavy (non-hydrogen) atoms.